The summed E-state index contributed by atoms with van der Waals surface area (Å²) >= 11 is 0. The minimum atomic E-state index is -4.36. The highest BCUT2D eigenvalue weighted by atomic mass is 19.4. The van der Waals surface area contributed by atoms with Crippen LogP contribution in [-0.2, 0) is 4.79 Å². The molecule has 1 aliphatic heterocycles. The molecular weight excluding hydrogens is 185 g/mol. The SMILES string of the molecule is CC(N1CC(N)CC1=O)C(F)(F)F. The van der Waals surface area contributed by atoms with Crippen LogP contribution < -0.4 is 5.73 Å². The van der Waals surface area contributed by atoms with Crippen molar-refractivity contribution < 1.29 is 18.0 Å². The summed E-state index contributed by atoms with van der Waals surface area (Å²) in [6, 6.07) is -2.19. The summed E-state index contributed by atoms with van der Waals surface area (Å²) < 4.78 is 36.5. The fourth-order valence-corrected chi connectivity index (χ4v) is 1.31. The van der Waals surface area contributed by atoms with Gasteiger partial charge in [0.05, 0.1) is 0 Å². The van der Waals surface area contributed by atoms with Gasteiger partial charge in [0.1, 0.15) is 6.04 Å². The number of amides is 1. The molecule has 0 aromatic carbocycles. The molecule has 0 aromatic rings. The standard InChI is InChI=1S/C7H11F3N2O/c1-4(7(8,9)10)12-3-5(11)2-6(12)13/h4-5H,2-3,11H2,1H3. The molecular formula is C7H11F3N2O. The van der Waals surface area contributed by atoms with Gasteiger partial charge in [-0.2, -0.15) is 13.2 Å². The van der Waals surface area contributed by atoms with Gasteiger partial charge in [0.2, 0.25) is 5.91 Å². The third kappa shape index (κ3) is 2.12. The van der Waals surface area contributed by atoms with Gasteiger partial charge in [0, 0.05) is 19.0 Å². The van der Waals surface area contributed by atoms with Crippen molar-refractivity contribution in [2.45, 2.75) is 31.6 Å². The lowest BCUT2D eigenvalue weighted by Crippen LogP contribution is -2.45. The summed E-state index contributed by atoms with van der Waals surface area (Å²) in [6.07, 6.45) is -4.35. The van der Waals surface area contributed by atoms with Gasteiger partial charge in [-0.25, -0.2) is 0 Å². The average molecular weight is 196 g/mol. The first-order chi connectivity index (χ1) is 5.82. The normalized spacial score (nSPS) is 26.7. The van der Waals surface area contributed by atoms with E-state index in [1.54, 1.807) is 0 Å². The van der Waals surface area contributed by atoms with Crippen molar-refractivity contribution in [3.05, 3.63) is 0 Å². The number of hydrogen-bond donors (Lipinski definition) is 1. The largest absolute Gasteiger partial charge is 0.408 e. The molecule has 0 saturated carbocycles. The van der Waals surface area contributed by atoms with Gasteiger partial charge < -0.3 is 10.6 Å². The smallest absolute Gasteiger partial charge is 0.329 e. The van der Waals surface area contributed by atoms with Gasteiger partial charge in [-0.15, -0.1) is 0 Å². The second-order valence-electron chi connectivity index (χ2n) is 3.23. The topological polar surface area (TPSA) is 46.3 Å². The molecule has 0 bridgehead atoms. The molecule has 1 heterocycles. The number of nitrogens with zero attached hydrogens (tertiary/aromatic N) is 1. The van der Waals surface area contributed by atoms with E-state index < -0.39 is 24.2 Å². The first-order valence-electron chi connectivity index (χ1n) is 3.94. The second-order valence-corrected chi connectivity index (χ2v) is 3.23. The molecule has 76 valence electrons. The summed E-state index contributed by atoms with van der Waals surface area (Å²) in [7, 11) is 0. The van der Waals surface area contributed by atoms with Crippen molar-refractivity contribution in [3.63, 3.8) is 0 Å². The molecule has 6 heteroatoms. The van der Waals surface area contributed by atoms with E-state index in [1.165, 1.54) is 0 Å². The van der Waals surface area contributed by atoms with Crippen molar-refractivity contribution in [1.82, 2.24) is 4.90 Å². The zero-order chi connectivity index (χ0) is 10.2. The van der Waals surface area contributed by atoms with Crippen LogP contribution >= 0.6 is 0 Å². The van der Waals surface area contributed by atoms with Gasteiger partial charge in [-0.3, -0.25) is 4.79 Å². The van der Waals surface area contributed by atoms with Crippen molar-refractivity contribution in [2.75, 3.05) is 6.54 Å². The Morgan fingerprint density at radius 2 is 2.15 bits per heavy atom. The Labute approximate surface area is 73.7 Å². The van der Waals surface area contributed by atoms with Gasteiger partial charge in [-0.1, -0.05) is 0 Å². The Bertz CT molecular complexity index is 216. The number of halogens is 3. The molecule has 2 atom stereocenters. The third-order valence-corrected chi connectivity index (χ3v) is 2.13. The second kappa shape index (κ2) is 3.17. The van der Waals surface area contributed by atoms with Crippen LogP contribution in [0, 0.1) is 0 Å². The molecule has 2 N–H and O–H groups in total. The average Bonchev–Trinajstić information content (AvgIpc) is 2.26. The lowest BCUT2D eigenvalue weighted by Gasteiger charge is -2.26. The monoisotopic (exact) mass is 196 g/mol. The van der Waals surface area contributed by atoms with E-state index in [0.29, 0.717) is 0 Å². The molecule has 1 aliphatic rings. The van der Waals surface area contributed by atoms with E-state index in [2.05, 4.69) is 0 Å². The Morgan fingerprint density at radius 1 is 1.62 bits per heavy atom. The van der Waals surface area contributed by atoms with E-state index in [1.807, 2.05) is 0 Å². The zero-order valence-corrected chi connectivity index (χ0v) is 7.14. The molecule has 1 fully saturated rings. The van der Waals surface area contributed by atoms with E-state index in [9.17, 15) is 18.0 Å². The summed E-state index contributed by atoms with van der Waals surface area (Å²) in [6.45, 7) is 0.968. The third-order valence-electron chi connectivity index (χ3n) is 2.13. The minimum absolute atomic E-state index is 0.000486. The molecule has 1 rings (SSSR count). The Hall–Kier alpha value is -0.780. The van der Waals surface area contributed by atoms with Crippen molar-refractivity contribution >= 4 is 5.91 Å². The van der Waals surface area contributed by atoms with Crippen LogP contribution in [-0.4, -0.2) is 35.6 Å². The number of hydrogen-bond acceptors (Lipinski definition) is 2. The summed E-state index contributed by atoms with van der Waals surface area (Å²) in [5.74, 6) is -0.516. The number of likely N-dealkylation sites (tertiary alicyclic amines) is 1. The van der Waals surface area contributed by atoms with Gasteiger partial charge >= 0.3 is 6.18 Å². The van der Waals surface area contributed by atoms with Crippen LogP contribution in [0.3, 0.4) is 0 Å². The quantitative estimate of drug-likeness (QED) is 0.663. The predicted octanol–water partition coefficient (Wildman–Crippen LogP) is 0.497. The van der Waals surface area contributed by atoms with Gasteiger partial charge in [-0.05, 0) is 6.92 Å². The fraction of sp³-hybridized carbons (Fsp3) is 0.857. The highest BCUT2D eigenvalue weighted by Gasteiger charge is 2.44. The van der Waals surface area contributed by atoms with Crippen LogP contribution in [0.1, 0.15) is 13.3 Å². The van der Waals surface area contributed by atoms with E-state index in [-0.39, 0.29) is 13.0 Å². The minimum Gasteiger partial charge on any atom is -0.329 e. The van der Waals surface area contributed by atoms with Crippen molar-refractivity contribution in [1.29, 1.82) is 0 Å². The van der Waals surface area contributed by atoms with Gasteiger partial charge in [0.25, 0.3) is 0 Å². The summed E-state index contributed by atoms with van der Waals surface area (Å²) in [4.78, 5) is 11.8. The van der Waals surface area contributed by atoms with Crippen LogP contribution in [0.4, 0.5) is 13.2 Å². The van der Waals surface area contributed by atoms with Crippen LogP contribution in [0.2, 0.25) is 0 Å². The number of nitrogens with two attached hydrogens (primary N) is 1. The fourth-order valence-electron chi connectivity index (χ4n) is 1.31. The maximum Gasteiger partial charge on any atom is 0.408 e. The first kappa shape index (κ1) is 10.3. The molecule has 0 aliphatic carbocycles. The molecule has 0 radical (unpaired) electrons. The Balaban J connectivity index is 2.68. The van der Waals surface area contributed by atoms with Crippen LogP contribution in [0.15, 0.2) is 0 Å². The van der Waals surface area contributed by atoms with E-state index in [0.717, 1.165) is 11.8 Å². The summed E-state index contributed by atoms with van der Waals surface area (Å²) in [5, 5.41) is 0. The molecule has 13 heavy (non-hydrogen) atoms. The summed E-state index contributed by atoms with van der Waals surface area (Å²) in [5.41, 5.74) is 5.37. The number of rotatable bonds is 1. The van der Waals surface area contributed by atoms with Crippen LogP contribution in [0.5, 0.6) is 0 Å². The molecule has 1 saturated heterocycles. The van der Waals surface area contributed by atoms with Gasteiger partial charge in [0.15, 0.2) is 0 Å². The molecule has 0 aromatic heterocycles. The molecule has 1 amide bonds. The molecule has 2 unspecified atom stereocenters. The van der Waals surface area contributed by atoms with Crippen LogP contribution in [0.25, 0.3) is 0 Å². The zero-order valence-electron chi connectivity index (χ0n) is 7.14. The lowest BCUT2D eigenvalue weighted by molar-refractivity contribution is -0.182. The maximum atomic E-state index is 12.2. The number of alkyl halides is 3. The number of carbonyl (C=O) groups excluding carboxylic acids is 1. The predicted molar refractivity (Wildman–Crippen MR) is 39.8 cm³/mol. The number of carbonyl (C=O) groups is 1. The lowest BCUT2D eigenvalue weighted by atomic mass is 10.3. The van der Waals surface area contributed by atoms with E-state index >= 15 is 0 Å². The first-order valence-corrected chi connectivity index (χ1v) is 3.94. The van der Waals surface area contributed by atoms with Crippen molar-refractivity contribution in [3.8, 4) is 0 Å². The Morgan fingerprint density at radius 3 is 2.46 bits per heavy atom. The Kier molecular flexibility index (Phi) is 2.51. The highest BCUT2D eigenvalue weighted by molar-refractivity contribution is 5.79. The maximum absolute atomic E-state index is 12.2. The molecule has 3 nitrogen and oxygen atoms in total. The van der Waals surface area contributed by atoms with Crippen molar-refractivity contribution in [2.24, 2.45) is 5.73 Å². The highest BCUT2D eigenvalue weighted by Crippen LogP contribution is 2.27. The van der Waals surface area contributed by atoms with E-state index in [4.69, 9.17) is 5.73 Å². The molecule has 0 spiro atoms.